The molecule has 22 heavy (non-hydrogen) atoms. The van der Waals surface area contributed by atoms with Gasteiger partial charge in [-0.05, 0) is 57.5 Å². The van der Waals surface area contributed by atoms with Crippen LogP contribution in [0.25, 0.3) is 0 Å². The Balaban J connectivity index is 1.60. The highest BCUT2D eigenvalue weighted by Crippen LogP contribution is 2.39. The summed E-state index contributed by atoms with van der Waals surface area (Å²) in [5.74, 6) is 0.788. The number of carbonyl (C=O) groups is 1. The molecule has 1 aliphatic carbocycles. The molecule has 2 fully saturated rings. The molecule has 4 nitrogen and oxygen atoms in total. The lowest BCUT2D eigenvalue weighted by Crippen LogP contribution is -2.41. The summed E-state index contributed by atoms with van der Waals surface area (Å²) in [5.41, 5.74) is -0.215. The molecule has 128 valence electrons. The lowest BCUT2D eigenvalue weighted by molar-refractivity contribution is -0.132. The molecule has 1 saturated carbocycles. The van der Waals surface area contributed by atoms with Gasteiger partial charge in [-0.1, -0.05) is 26.7 Å². The highest BCUT2D eigenvalue weighted by Gasteiger charge is 2.37. The minimum absolute atomic E-state index is 0.215. The SMILES string of the molecule is CC(C)(C(=O)NCCCCN1CCCC1CO)C1CCCC1. The first-order valence-electron chi connectivity index (χ1n) is 9.19. The topological polar surface area (TPSA) is 52.6 Å². The molecule has 0 aromatic heterocycles. The van der Waals surface area contributed by atoms with Crippen molar-refractivity contribution in [3.05, 3.63) is 0 Å². The van der Waals surface area contributed by atoms with Gasteiger partial charge in [-0.15, -0.1) is 0 Å². The molecule has 0 aromatic rings. The fourth-order valence-corrected chi connectivity index (χ4v) is 4.10. The first-order valence-corrected chi connectivity index (χ1v) is 9.19. The molecule has 1 aliphatic heterocycles. The van der Waals surface area contributed by atoms with E-state index >= 15 is 0 Å². The van der Waals surface area contributed by atoms with Gasteiger partial charge < -0.3 is 10.4 Å². The average Bonchev–Trinajstić information content (AvgIpc) is 3.18. The quantitative estimate of drug-likeness (QED) is 0.678. The van der Waals surface area contributed by atoms with Gasteiger partial charge in [0.2, 0.25) is 5.91 Å². The van der Waals surface area contributed by atoms with E-state index in [-0.39, 0.29) is 17.9 Å². The van der Waals surface area contributed by atoms with Crippen LogP contribution >= 0.6 is 0 Å². The summed E-state index contributed by atoms with van der Waals surface area (Å²) in [7, 11) is 0. The molecule has 0 spiro atoms. The minimum atomic E-state index is -0.215. The van der Waals surface area contributed by atoms with E-state index in [2.05, 4.69) is 24.1 Å². The summed E-state index contributed by atoms with van der Waals surface area (Å²) >= 11 is 0. The van der Waals surface area contributed by atoms with Crippen molar-refractivity contribution < 1.29 is 9.90 Å². The molecule has 2 N–H and O–H groups in total. The maximum atomic E-state index is 12.4. The number of carbonyl (C=O) groups excluding carboxylic acids is 1. The van der Waals surface area contributed by atoms with Gasteiger partial charge in [-0.3, -0.25) is 9.69 Å². The molecule has 0 radical (unpaired) electrons. The largest absolute Gasteiger partial charge is 0.395 e. The van der Waals surface area contributed by atoms with Crippen molar-refractivity contribution in [2.24, 2.45) is 11.3 Å². The van der Waals surface area contributed by atoms with Crippen molar-refractivity contribution in [1.29, 1.82) is 0 Å². The van der Waals surface area contributed by atoms with Crippen LogP contribution in [0, 0.1) is 11.3 Å². The molecule has 1 amide bonds. The maximum Gasteiger partial charge on any atom is 0.225 e. The van der Waals surface area contributed by atoms with E-state index in [1.54, 1.807) is 0 Å². The van der Waals surface area contributed by atoms with Gasteiger partial charge >= 0.3 is 0 Å². The molecule has 0 bridgehead atoms. The highest BCUT2D eigenvalue weighted by atomic mass is 16.3. The second-order valence-corrected chi connectivity index (χ2v) is 7.68. The van der Waals surface area contributed by atoms with Gasteiger partial charge in [-0.25, -0.2) is 0 Å². The molecular weight excluding hydrogens is 276 g/mol. The Morgan fingerprint density at radius 3 is 2.59 bits per heavy atom. The van der Waals surface area contributed by atoms with Crippen molar-refractivity contribution in [1.82, 2.24) is 10.2 Å². The highest BCUT2D eigenvalue weighted by molar-refractivity contribution is 5.82. The lowest BCUT2D eigenvalue weighted by atomic mass is 9.77. The summed E-state index contributed by atoms with van der Waals surface area (Å²) < 4.78 is 0. The molecule has 2 aliphatic rings. The summed E-state index contributed by atoms with van der Waals surface area (Å²) in [6, 6.07) is 0.371. The van der Waals surface area contributed by atoms with Gasteiger partial charge in [0.1, 0.15) is 0 Å². The molecule has 2 rings (SSSR count). The first-order chi connectivity index (χ1) is 10.6. The second-order valence-electron chi connectivity index (χ2n) is 7.68. The standard InChI is InChI=1S/C18H34N2O2/c1-18(2,15-8-3-4-9-15)17(22)19-11-5-6-12-20-13-7-10-16(20)14-21/h15-16,21H,3-14H2,1-2H3,(H,19,22). The van der Waals surface area contributed by atoms with Crippen molar-refractivity contribution in [3.63, 3.8) is 0 Å². The van der Waals surface area contributed by atoms with Crippen LogP contribution in [-0.2, 0) is 4.79 Å². The summed E-state index contributed by atoms with van der Waals surface area (Å²) in [5, 5.41) is 12.5. The van der Waals surface area contributed by atoms with Crippen LogP contribution in [0.4, 0.5) is 0 Å². The number of hydrogen-bond acceptors (Lipinski definition) is 3. The fourth-order valence-electron chi connectivity index (χ4n) is 4.10. The van der Waals surface area contributed by atoms with E-state index in [0.29, 0.717) is 12.0 Å². The molecule has 1 heterocycles. The zero-order valence-electron chi connectivity index (χ0n) is 14.4. The number of hydrogen-bond donors (Lipinski definition) is 2. The van der Waals surface area contributed by atoms with Gasteiger partial charge in [0.05, 0.1) is 6.61 Å². The third kappa shape index (κ3) is 4.45. The van der Waals surface area contributed by atoms with Crippen LogP contribution < -0.4 is 5.32 Å². The summed E-state index contributed by atoms with van der Waals surface area (Å²) in [6.07, 6.45) is 9.43. The Kier molecular flexibility index (Phi) is 6.69. The number of likely N-dealkylation sites (tertiary alicyclic amines) is 1. The number of nitrogens with one attached hydrogen (secondary N) is 1. The summed E-state index contributed by atoms with van der Waals surface area (Å²) in [4.78, 5) is 14.8. The molecule has 0 aromatic carbocycles. The van der Waals surface area contributed by atoms with Crippen molar-refractivity contribution in [2.75, 3.05) is 26.2 Å². The Morgan fingerprint density at radius 2 is 1.91 bits per heavy atom. The van der Waals surface area contributed by atoms with E-state index < -0.39 is 0 Å². The van der Waals surface area contributed by atoms with Crippen molar-refractivity contribution in [2.45, 2.75) is 71.3 Å². The number of unbranched alkanes of at least 4 members (excludes halogenated alkanes) is 1. The van der Waals surface area contributed by atoms with E-state index in [1.807, 2.05) is 0 Å². The Labute approximate surface area is 135 Å². The zero-order chi connectivity index (χ0) is 16.0. The van der Waals surface area contributed by atoms with Gasteiger partial charge in [0.25, 0.3) is 0 Å². The zero-order valence-corrected chi connectivity index (χ0v) is 14.4. The van der Waals surface area contributed by atoms with E-state index in [0.717, 1.165) is 38.9 Å². The van der Waals surface area contributed by atoms with Crippen LogP contribution in [-0.4, -0.2) is 48.2 Å². The number of aliphatic hydroxyl groups is 1. The number of amides is 1. The smallest absolute Gasteiger partial charge is 0.225 e. The molecule has 1 unspecified atom stereocenters. The molecule has 1 saturated heterocycles. The Bertz CT molecular complexity index is 351. The van der Waals surface area contributed by atoms with Gasteiger partial charge in [-0.2, -0.15) is 0 Å². The van der Waals surface area contributed by atoms with Crippen LogP contribution in [0.1, 0.15) is 65.2 Å². The fraction of sp³-hybridized carbons (Fsp3) is 0.944. The van der Waals surface area contributed by atoms with Gasteiger partial charge in [0.15, 0.2) is 0 Å². The normalized spacial score (nSPS) is 24.0. The number of nitrogens with zero attached hydrogens (tertiary/aromatic N) is 1. The van der Waals surface area contributed by atoms with Crippen molar-refractivity contribution in [3.8, 4) is 0 Å². The van der Waals surface area contributed by atoms with Gasteiger partial charge in [0, 0.05) is 18.0 Å². The average molecular weight is 310 g/mol. The third-order valence-corrected chi connectivity index (χ3v) is 5.83. The maximum absolute atomic E-state index is 12.4. The van der Waals surface area contributed by atoms with E-state index in [1.165, 1.54) is 32.1 Å². The Hall–Kier alpha value is -0.610. The Morgan fingerprint density at radius 1 is 1.18 bits per heavy atom. The van der Waals surface area contributed by atoms with Crippen LogP contribution in [0.3, 0.4) is 0 Å². The second kappa shape index (κ2) is 8.30. The van der Waals surface area contributed by atoms with Crippen LogP contribution in [0.15, 0.2) is 0 Å². The molecule has 1 atom stereocenters. The molecular formula is C18H34N2O2. The minimum Gasteiger partial charge on any atom is -0.395 e. The third-order valence-electron chi connectivity index (χ3n) is 5.83. The van der Waals surface area contributed by atoms with E-state index in [9.17, 15) is 9.90 Å². The summed E-state index contributed by atoms with van der Waals surface area (Å²) in [6.45, 7) is 7.45. The van der Waals surface area contributed by atoms with Crippen molar-refractivity contribution >= 4 is 5.91 Å². The predicted molar refractivity (Wildman–Crippen MR) is 89.7 cm³/mol. The molecule has 4 heteroatoms. The predicted octanol–water partition coefficient (Wildman–Crippen LogP) is 2.56. The number of rotatable bonds is 8. The van der Waals surface area contributed by atoms with Crippen LogP contribution in [0.5, 0.6) is 0 Å². The van der Waals surface area contributed by atoms with Crippen LogP contribution in [0.2, 0.25) is 0 Å². The first kappa shape index (κ1) is 17.7. The number of aliphatic hydroxyl groups excluding tert-OH is 1. The monoisotopic (exact) mass is 310 g/mol. The lowest BCUT2D eigenvalue weighted by Gasteiger charge is -2.30. The van der Waals surface area contributed by atoms with E-state index in [4.69, 9.17) is 0 Å².